The van der Waals surface area contributed by atoms with Crippen molar-refractivity contribution in [3.8, 4) is 0 Å². The summed E-state index contributed by atoms with van der Waals surface area (Å²) in [6.07, 6.45) is 3.72. The largest absolute Gasteiger partial charge is 0.394 e. The molecule has 3 heterocycles. The summed E-state index contributed by atoms with van der Waals surface area (Å²) >= 11 is 6.50. The minimum absolute atomic E-state index is 0.155. The number of benzene rings is 2. The van der Waals surface area contributed by atoms with Crippen LogP contribution in [0.4, 0.5) is 11.4 Å². The first-order valence-electron chi connectivity index (χ1n) is 13.6. The number of para-hydroxylation sites is 2. The van der Waals surface area contributed by atoms with E-state index in [1.54, 1.807) is 48.2 Å². The molecule has 2 aromatic carbocycles. The monoisotopic (exact) mass is 563 g/mol. The van der Waals surface area contributed by atoms with Gasteiger partial charge in [-0.2, -0.15) is 0 Å². The molecule has 1 N–H and O–H groups in total. The fourth-order valence-corrected chi connectivity index (χ4v) is 6.95. The van der Waals surface area contributed by atoms with Crippen LogP contribution in [0.3, 0.4) is 0 Å². The van der Waals surface area contributed by atoms with Crippen LogP contribution in [-0.2, 0) is 19.1 Å². The van der Waals surface area contributed by atoms with Gasteiger partial charge in [0.1, 0.15) is 11.6 Å². The Morgan fingerprint density at radius 2 is 1.75 bits per heavy atom. The van der Waals surface area contributed by atoms with E-state index in [1.165, 1.54) is 9.80 Å². The molecule has 3 saturated heterocycles. The molecule has 0 aromatic heterocycles. The molecule has 0 aliphatic carbocycles. The average molecular weight is 564 g/mol. The molecule has 3 amide bonds. The number of halogens is 1. The zero-order valence-corrected chi connectivity index (χ0v) is 23.2. The summed E-state index contributed by atoms with van der Waals surface area (Å²) in [6.45, 7) is 9.40. The molecule has 3 aliphatic rings. The van der Waals surface area contributed by atoms with Gasteiger partial charge in [-0.25, -0.2) is 0 Å². The molecule has 0 saturated carbocycles. The lowest BCUT2D eigenvalue weighted by Gasteiger charge is -2.38. The molecule has 1 spiro atoms. The van der Waals surface area contributed by atoms with Crippen LogP contribution in [0.15, 0.2) is 79.9 Å². The first-order valence-corrected chi connectivity index (χ1v) is 13.9. The second-order valence-electron chi connectivity index (χ2n) is 10.6. The van der Waals surface area contributed by atoms with Crippen molar-refractivity contribution in [2.24, 2.45) is 11.8 Å². The van der Waals surface area contributed by atoms with Crippen molar-refractivity contribution >= 4 is 40.7 Å². The van der Waals surface area contributed by atoms with Gasteiger partial charge < -0.3 is 24.5 Å². The zero-order valence-electron chi connectivity index (χ0n) is 22.5. The van der Waals surface area contributed by atoms with Crippen LogP contribution in [0.1, 0.15) is 19.8 Å². The number of carbonyl (C=O) groups is 3. The van der Waals surface area contributed by atoms with Gasteiger partial charge in [0.25, 0.3) is 5.91 Å². The van der Waals surface area contributed by atoms with E-state index < -0.39 is 35.6 Å². The zero-order chi connectivity index (χ0) is 28.6. The number of amides is 3. The van der Waals surface area contributed by atoms with E-state index in [-0.39, 0.29) is 37.4 Å². The van der Waals surface area contributed by atoms with Crippen LogP contribution < -0.4 is 9.80 Å². The normalized spacial score (nSPS) is 27.3. The summed E-state index contributed by atoms with van der Waals surface area (Å²) in [5, 5.41) is 10.5. The topological polar surface area (TPSA) is 90.4 Å². The smallest absolute Gasteiger partial charge is 0.253 e. The maximum absolute atomic E-state index is 14.5. The molecule has 3 aliphatic heterocycles. The van der Waals surface area contributed by atoms with Crippen LogP contribution in [0.2, 0.25) is 5.02 Å². The predicted octanol–water partition coefficient (Wildman–Crippen LogP) is 3.83. The maximum atomic E-state index is 14.5. The maximum Gasteiger partial charge on any atom is 0.253 e. The van der Waals surface area contributed by atoms with Gasteiger partial charge in [-0.05, 0) is 44.0 Å². The standard InChI is InChI=1S/C31H34ClN3O5/c1-4-17-33(21-11-7-6-8-12-21)28(37)25-24-15-16-31(40-24)26(25)29(38)35(20(3)19-36)27(31)30(39)34(18-5-2)23-14-10-9-13-22(23)32/h4-14,20,24-27,36H,1-2,15-19H2,3H3/t20-,24+,25-,26+,27?,31?/m1/s1. The molecule has 0 radical (unpaired) electrons. The number of hydrogen-bond donors (Lipinski definition) is 1. The molecule has 9 heteroatoms. The minimum atomic E-state index is -1.21. The van der Waals surface area contributed by atoms with E-state index >= 15 is 0 Å². The Balaban J connectivity index is 1.58. The van der Waals surface area contributed by atoms with Crippen molar-refractivity contribution in [3.63, 3.8) is 0 Å². The average Bonchev–Trinajstić information content (AvgIpc) is 3.62. The van der Waals surface area contributed by atoms with Crippen LogP contribution in [-0.4, -0.2) is 71.2 Å². The Kier molecular flexibility index (Phi) is 7.86. The SMILES string of the molecule is C=CCN(C(=O)[C@@H]1[C@@H]2CCC3(O2)C(C(=O)N(CC=C)c2ccccc2Cl)N([C@H](C)CO)C(=O)[C@H]13)c1ccccc1. The summed E-state index contributed by atoms with van der Waals surface area (Å²) < 4.78 is 6.58. The highest BCUT2D eigenvalue weighted by atomic mass is 35.5. The summed E-state index contributed by atoms with van der Waals surface area (Å²) in [5.74, 6) is -2.63. The highest BCUT2D eigenvalue weighted by Gasteiger charge is 2.75. The van der Waals surface area contributed by atoms with E-state index in [2.05, 4.69) is 13.2 Å². The van der Waals surface area contributed by atoms with Crippen LogP contribution >= 0.6 is 11.6 Å². The molecule has 2 unspecified atom stereocenters. The molecule has 2 bridgehead atoms. The number of aliphatic hydroxyl groups is 1. The lowest BCUT2D eigenvalue weighted by molar-refractivity contribution is -0.143. The molecule has 6 atom stereocenters. The van der Waals surface area contributed by atoms with Gasteiger partial charge in [-0.15, -0.1) is 13.2 Å². The van der Waals surface area contributed by atoms with Crippen molar-refractivity contribution < 1.29 is 24.2 Å². The van der Waals surface area contributed by atoms with Crippen molar-refractivity contribution in [2.45, 2.75) is 43.6 Å². The van der Waals surface area contributed by atoms with E-state index in [0.29, 0.717) is 29.2 Å². The number of rotatable bonds is 10. The summed E-state index contributed by atoms with van der Waals surface area (Å²) in [6, 6.07) is 14.5. The van der Waals surface area contributed by atoms with Crippen molar-refractivity contribution in [2.75, 3.05) is 29.5 Å². The molecular weight excluding hydrogens is 530 g/mol. The van der Waals surface area contributed by atoms with Gasteiger partial charge in [0.05, 0.1) is 41.3 Å². The van der Waals surface area contributed by atoms with Crippen LogP contribution in [0.5, 0.6) is 0 Å². The lowest BCUT2D eigenvalue weighted by atomic mass is 9.70. The van der Waals surface area contributed by atoms with E-state index in [4.69, 9.17) is 16.3 Å². The molecule has 40 heavy (non-hydrogen) atoms. The number of nitrogens with zero attached hydrogens (tertiary/aromatic N) is 3. The van der Waals surface area contributed by atoms with Gasteiger partial charge in [0.15, 0.2) is 0 Å². The third kappa shape index (κ3) is 4.35. The summed E-state index contributed by atoms with van der Waals surface area (Å²) in [5.41, 5.74) is -0.0297. The number of hydrogen-bond acceptors (Lipinski definition) is 5. The van der Waals surface area contributed by atoms with Gasteiger partial charge in [0, 0.05) is 18.8 Å². The highest BCUT2D eigenvalue weighted by molar-refractivity contribution is 6.34. The fraction of sp³-hybridized carbons (Fsp3) is 0.387. The van der Waals surface area contributed by atoms with Crippen molar-refractivity contribution in [1.29, 1.82) is 0 Å². The van der Waals surface area contributed by atoms with E-state index in [0.717, 1.165) is 0 Å². The number of likely N-dealkylation sites (tertiary alicyclic amines) is 1. The van der Waals surface area contributed by atoms with Crippen molar-refractivity contribution in [3.05, 3.63) is 84.9 Å². The number of anilines is 2. The third-order valence-corrected chi connectivity index (χ3v) is 8.68. The van der Waals surface area contributed by atoms with Gasteiger partial charge in [0.2, 0.25) is 11.8 Å². The number of aliphatic hydroxyl groups excluding tert-OH is 1. The quantitative estimate of drug-likeness (QED) is 0.444. The molecule has 5 rings (SSSR count). The first kappa shape index (κ1) is 28.1. The molecule has 8 nitrogen and oxygen atoms in total. The molecule has 210 valence electrons. The Labute approximate surface area is 239 Å². The number of carbonyl (C=O) groups excluding carboxylic acids is 3. The van der Waals surface area contributed by atoms with Crippen LogP contribution in [0, 0.1) is 11.8 Å². The number of ether oxygens (including phenoxy) is 1. The van der Waals surface area contributed by atoms with Crippen LogP contribution in [0.25, 0.3) is 0 Å². The van der Waals surface area contributed by atoms with E-state index in [9.17, 15) is 19.5 Å². The van der Waals surface area contributed by atoms with Gasteiger partial charge >= 0.3 is 0 Å². The Hall–Kier alpha value is -3.46. The second-order valence-corrected chi connectivity index (χ2v) is 11.0. The highest BCUT2D eigenvalue weighted by Crippen LogP contribution is 2.59. The lowest BCUT2D eigenvalue weighted by Crippen LogP contribution is -2.58. The summed E-state index contributed by atoms with van der Waals surface area (Å²) in [7, 11) is 0. The van der Waals surface area contributed by atoms with E-state index in [1.807, 2.05) is 30.3 Å². The first-order chi connectivity index (χ1) is 19.3. The molecule has 2 aromatic rings. The Morgan fingerprint density at radius 1 is 1.10 bits per heavy atom. The molecule has 3 fully saturated rings. The molecular formula is C31H34ClN3O5. The number of fused-ring (bicyclic) bond motifs is 1. The Morgan fingerprint density at radius 3 is 2.40 bits per heavy atom. The van der Waals surface area contributed by atoms with Crippen molar-refractivity contribution in [1.82, 2.24) is 4.90 Å². The second kappa shape index (κ2) is 11.2. The fourth-order valence-electron chi connectivity index (χ4n) is 6.71. The van der Waals surface area contributed by atoms with Gasteiger partial charge in [-0.1, -0.05) is 54.1 Å². The summed E-state index contributed by atoms with van der Waals surface area (Å²) in [4.78, 5) is 47.4. The van der Waals surface area contributed by atoms with Gasteiger partial charge in [-0.3, -0.25) is 14.4 Å². The third-order valence-electron chi connectivity index (χ3n) is 8.36. The Bertz CT molecular complexity index is 1320. The predicted molar refractivity (Wildman–Crippen MR) is 154 cm³/mol. The minimum Gasteiger partial charge on any atom is -0.394 e.